The van der Waals surface area contributed by atoms with E-state index >= 15 is 0 Å². The van der Waals surface area contributed by atoms with Gasteiger partial charge in [0.2, 0.25) is 5.91 Å². The van der Waals surface area contributed by atoms with Crippen molar-refractivity contribution >= 4 is 17.5 Å². The standard InChI is InChI=1S/C14H19ClN2O2/c1-19-13-4-2-3-11(15)10(13)8-17-14(18)7-12(16)9-5-6-9/h2-4,9,12H,5-8,16H2,1H3,(H,17,18). The van der Waals surface area contributed by atoms with Crippen molar-refractivity contribution in [2.24, 2.45) is 11.7 Å². The van der Waals surface area contributed by atoms with Crippen LogP contribution in [0.4, 0.5) is 0 Å². The summed E-state index contributed by atoms with van der Waals surface area (Å²) < 4.78 is 5.23. The third-order valence-corrected chi connectivity index (χ3v) is 3.76. The molecule has 0 bridgehead atoms. The van der Waals surface area contributed by atoms with Crippen LogP contribution in [-0.2, 0) is 11.3 Å². The van der Waals surface area contributed by atoms with Crippen LogP contribution in [0.15, 0.2) is 18.2 Å². The SMILES string of the molecule is COc1cccc(Cl)c1CNC(=O)CC(N)C1CC1. The van der Waals surface area contributed by atoms with E-state index in [1.807, 2.05) is 12.1 Å². The van der Waals surface area contributed by atoms with E-state index in [2.05, 4.69) is 5.32 Å². The maximum absolute atomic E-state index is 11.8. The van der Waals surface area contributed by atoms with Crippen LogP contribution >= 0.6 is 11.6 Å². The van der Waals surface area contributed by atoms with Gasteiger partial charge in [0.15, 0.2) is 0 Å². The monoisotopic (exact) mass is 282 g/mol. The minimum atomic E-state index is -0.0404. The van der Waals surface area contributed by atoms with Gasteiger partial charge in [0.05, 0.1) is 7.11 Å². The fraction of sp³-hybridized carbons (Fsp3) is 0.500. The molecule has 104 valence electrons. The summed E-state index contributed by atoms with van der Waals surface area (Å²) in [7, 11) is 1.58. The molecule has 1 aromatic rings. The van der Waals surface area contributed by atoms with Crippen molar-refractivity contribution in [3.05, 3.63) is 28.8 Å². The minimum Gasteiger partial charge on any atom is -0.496 e. The summed E-state index contributed by atoms with van der Waals surface area (Å²) in [6.07, 6.45) is 2.66. The normalized spacial score (nSPS) is 15.9. The predicted octanol–water partition coefficient (Wildman–Crippen LogP) is 2.09. The largest absolute Gasteiger partial charge is 0.496 e. The molecule has 0 spiro atoms. The Morgan fingerprint density at radius 1 is 1.58 bits per heavy atom. The zero-order valence-electron chi connectivity index (χ0n) is 11.0. The van der Waals surface area contributed by atoms with Crippen molar-refractivity contribution in [2.75, 3.05) is 7.11 Å². The van der Waals surface area contributed by atoms with Gasteiger partial charge in [-0.25, -0.2) is 0 Å². The topological polar surface area (TPSA) is 64.3 Å². The van der Waals surface area contributed by atoms with Gasteiger partial charge in [-0.3, -0.25) is 4.79 Å². The number of methoxy groups -OCH3 is 1. The molecular weight excluding hydrogens is 264 g/mol. The quantitative estimate of drug-likeness (QED) is 0.840. The maximum Gasteiger partial charge on any atom is 0.221 e. The van der Waals surface area contributed by atoms with Gasteiger partial charge in [-0.15, -0.1) is 0 Å². The van der Waals surface area contributed by atoms with Crippen LogP contribution in [0.25, 0.3) is 0 Å². The molecule has 1 aromatic carbocycles. The molecule has 1 saturated carbocycles. The summed E-state index contributed by atoms with van der Waals surface area (Å²) in [6, 6.07) is 5.40. The highest BCUT2D eigenvalue weighted by Gasteiger charge is 2.29. The average Bonchev–Trinajstić information content (AvgIpc) is 3.21. The number of rotatable bonds is 6. The number of halogens is 1. The predicted molar refractivity (Wildman–Crippen MR) is 75.2 cm³/mol. The second-order valence-corrected chi connectivity index (χ2v) is 5.31. The number of nitrogens with two attached hydrogens (primary N) is 1. The number of benzene rings is 1. The average molecular weight is 283 g/mol. The van der Waals surface area contributed by atoms with E-state index in [1.165, 1.54) is 0 Å². The molecule has 0 saturated heterocycles. The molecular formula is C14H19ClN2O2. The number of hydrogen-bond donors (Lipinski definition) is 2. The first-order chi connectivity index (χ1) is 9.11. The van der Waals surface area contributed by atoms with Crippen molar-refractivity contribution in [3.63, 3.8) is 0 Å². The smallest absolute Gasteiger partial charge is 0.221 e. The number of ether oxygens (including phenoxy) is 1. The molecule has 4 nitrogen and oxygen atoms in total. The number of nitrogens with one attached hydrogen (secondary N) is 1. The number of amides is 1. The Morgan fingerprint density at radius 3 is 2.95 bits per heavy atom. The fourth-order valence-electron chi connectivity index (χ4n) is 2.07. The summed E-state index contributed by atoms with van der Waals surface area (Å²) in [5, 5.41) is 3.43. The molecule has 5 heteroatoms. The first kappa shape index (κ1) is 14.2. The molecule has 1 fully saturated rings. The summed E-state index contributed by atoms with van der Waals surface area (Å²) in [6.45, 7) is 0.360. The van der Waals surface area contributed by atoms with Crippen molar-refractivity contribution < 1.29 is 9.53 Å². The fourth-order valence-corrected chi connectivity index (χ4v) is 2.30. The Bertz CT molecular complexity index is 461. The second kappa shape index (κ2) is 6.26. The molecule has 19 heavy (non-hydrogen) atoms. The Hall–Kier alpha value is -1.26. The Kier molecular flexibility index (Phi) is 4.66. The molecule has 0 aromatic heterocycles. The van der Waals surface area contributed by atoms with E-state index < -0.39 is 0 Å². The first-order valence-corrected chi connectivity index (χ1v) is 6.83. The number of carbonyl (C=O) groups excluding carboxylic acids is 1. The van der Waals surface area contributed by atoms with E-state index in [9.17, 15) is 4.79 Å². The number of hydrogen-bond acceptors (Lipinski definition) is 3. The van der Waals surface area contributed by atoms with E-state index in [0.717, 1.165) is 18.4 Å². The maximum atomic E-state index is 11.8. The molecule has 0 aliphatic heterocycles. The zero-order chi connectivity index (χ0) is 13.8. The van der Waals surface area contributed by atoms with Crippen LogP contribution in [0.1, 0.15) is 24.8 Å². The van der Waals surface area contributed by atoms with E-state index in [-0.39, 0.29) is 11.9 Å². The van der Waals surface area contributed by atoms with E-state index in [1.54, 1.807) is 13.2 Å². The van der Waals surface area contributed by atoms with E-state index in [4.69, 9.17) is 22.1 Å². The van der Waals surface area contributed by atoms with Gasteiger partial charge in [0.1, 0.15) is 5.75 Å². The summed E-state index contributed by atoms with van der Waals surface area (Å²) in [5.41, 5.74) is 6.71. The molecule has 1 aliphatic rings. The van der Waals surface area contributed by atoms with Crippen molar-refractivity contribution in [1.29, 1.82) is 0 Å². The summed E-state index contributed by atoms with van der Waals surface area (Å²) >= 11 is 6.10. The molecule has 2 rings (SSSR count). The summed E-state index contributed by atoms with van der Waals surface area (Å²) in [5.74, 6) is 1.17. The van der Waals surface area contributed by atoms with Gasteiger partial charge in [0.25, 0.3) is 0 Å². The highest BCUT2D eigenvalue weighted by atomic mass is 35.5. The first-order valence-electron chi connectivity index (χ1n) is 6.45. The molecule has 1 atom stereocenters. The van der Waals surface area contributed by atoms with E-state index in [0.29, 0.717) is 29.7 Å². The molecule has 3 N–H and O–H groups in total. The summed E-state index contributed by atoms with van der Waals surface area (Å²) in [4.78, 5) is 11.8. The highest BCUT2D eigenvalue weighted by molar-refractivity contribution is 6.31. The van der Waals surface area contributed by atoms with Crippen LogP contribution < -0.4 is 15.8 Å². The van der Waals surface area contributed by atoms with Gasteiger partial charge in [-0.1, -0.05) is 17.7 Å². The van der Waals surface area contributed by atoms with Crippen LogP contribution in [0.3, 0.4) is 0 Å². The molecule has 0 heterocycles. The molecule has 1 unspecified atom stereocenters. The van der Waals surface area contributed by atoms with Crippen LogP contribution in [0.2, 0.25) is 5.02 Å². The number of carbonyl (C=O) groups is 1. The molecule has 1 amide bonds. The van der Waals surface area contributed by atoms with Crippen LogP contribution in [-0.4, -0.2) is 19.1 Å². The van der Waals surface area contributed by atoms with Crippen molar-refractivity contribution in [1.82, 2.24) is 5.32 Å². The van der Waals surface area contributed by atoms with Gasteiger partial charge in [0, 0.05) is 29.6 Å². The minimum absolute atomic E-state index is 0.0202. The Balaban J connectivity index is 1.89. The highest BCUT2D eigenvalue weighted by Crippen LogP contribution is 2.32. The van der Waals surface area contributed by atoms with Gasteiger partial charge >= 0.3 is 0 Å². The molecule has 1 aliphatic carbocycles. The lowest BCUT2D eigenvalue weighted by atomic mass is 10.1. The van der Waals surface area contributed by atoms with Gasteiger partial charge in [-0.05, 0) is 30.9 Å². The zero-order valence-corrected chi connectivity index (χ0v) is 11.7. The second-order valence-electron chi connectivity index (χ2n) is 4.90. The lowest BCUT2D eigenvalue weighted by Gasteiger charge is -2.13. The van der Waals surface area contributed by atoms with Gasteiger partial charge < -0.3 is 15.8 Å². The van der Waals surface area contributed by atoms with Crippen molar-refractivity contribution in [3.8, 4) is 5.75 Å². The van der Waals surface area contributed by atoms with Crippen LogP contribution in [0.5, 0.6) is 5.75 Å². The third-order valence-electron chi connectivity index (χ3n) is 3.41. The Labute approximate surface area is 118 Å². The lowest BCUT2D eigenvalue weighted by Crippen LogP contribution is -2.32. The third kappa shape index (κ3) is 3.85. The van der Waals surface area contributed by atoms with Crippen molar-refractivity contribution in [2.45, 2.75) is 31.8 Å². The Morgan fingerprint density at radius 2 is 2.32 bits per heavy atom. The molecule has 0 radical (unpaired) electrons. The lowest BCUT2D eigenvalue weighted by molar-refractivity contribution is -0.121. The van der Waals surface area contributed by atoms with Gasteiger partial charge in [-0.2, -0.15) is 0 Å². The van der Waals surface area contributed by atoms with Crippen LogP contribution in [0, 0.1) is 5.92 Å².